The van der Waals surface area contributed by atoms with E-state index in [1.54, 1.807) is 0 Å². The molecule has 0 spiro atoms. The molecule has 2 nitrogen and oxygen atoms in total. The van der Waals surface area contributed by atoms with Crippen molar-refractivity contribution in [3.05, 3.63) is 0 Å². The van der Waals surface area contributed by atoms with Gasteiger partial charge in [0.1, 0.15) is 0 Å². The van der Waals surface area contributed by atoms with Gasteiger partial charge in [0.2, 0.25) is 4.33 Å². The Hall–Kier alpha value is 0.0500. The van der Waals surface area contributed by atoms with Crippen LogP contribution < -0.4 is 0 Å². The van der Waals surface area contributed by atoms with E-state index >= 15 is 0 Å². The zero-order chi connectivity index (χ0) is 8.58. The zero-order valence-electron chi connectivity index (χ0n) is 6.11. The third-order valence-corrected chi connectivity index (χ3v) is 0.592. The average molecular weight is 147 g/mol. The smallest absolute Gasteiger partial charge is 0.339 e. The van der Waals surface area contributed by atoms with E-state index in [0.717, 1.165) is 0 Å². The van der Waals surface area contributed by atoms with Crippen LogP contribution in [0, 0.1) is 0 Å². The van der Waals surface area contributed by atoms with Crippen molar-refractivity contribution < 1.29 is 14.0 Å². The molecule has 0 aromatic heterocycles. The van der Waals surface area contributed by atoms with E-state index in [0.29, 0.717) is 0 Å². The molecular weight excluding hydrogens is 140 g/mol. The van der Waals surface area contributed by atoms with Crippen molar-refractivity contribution in [2.45, 2.75) is 11.2 Å². The standard InChI is InChI=1S/C3H4Cl2O2/c1-3(4,5)2(6)7/h1H3,(H,6,7)/i1+1D3. The lowest BCUT2D eigenvalue weighted by molar-refractivity contribution is -0.137. The number of carboxylic acid groups (broad SMARTS) is 1. The maximum Gasteiger partial charge on any atom is 0.339 e. The van der Waals surface area contributed by atoms with Crippen LogP contribution in [0.15, 0.2) is 0 Å². The molecule has 0 rings (SSSR count). The Bertz CT molecular complexity index is 152. The normalized spacial score (nSPS) is 19.4. The van der Waals surface area contributed by atoms with Crippen LogP contribution >= 0.6 is 23.2 Å². The topological polar surface area (TPSA) is 37.3 Å². The number of aliphatic carboxylic acids is 1. The summed E-state index contributed by atoms with van der Waals surface area (Å²) in [5.41, 5.74) is 0. The number of hydrogen-bond donors (Lipinski definition) is 1. The highest BCUT2D eigenvalue weighted by Gasteiger charge is 2.25. The van der Waals surface area contributed by atoms with E-state index < -0.39 is 17.2 Å². The second-order valence-electron chi connectivity index (χ2n) is 0.880. The van der Waals surface area contributed by atoms with Gasteiger partial charge in [0, 0.05) is 4.11 Å². The molecule has 0 atom stereocenters. The Labute approximate surface area is 55.2 Å². The first-order chi connectivity index (χ1) is 4.19. The van der Waals surface area contributed by atoms with Crippen LogP contribution in [0.2, 0.25) is 0 Å². The Morgan fingerprint density at radius 3 is 2.43 bits per heavy atom. The Balaban J connectivity index is 4.57. The summed E-state index contributed by atoms with van der Waals surface area (Å²) in [5.74, 6) is -1.77. The number of hydrogen-bond acceptors (Lipinski definition) is 1. The Morgan fingerprint density at radius 1 is 2.00 bits per heavy atom. The van der Waals surface area contributed by atoms with Crippen molar-refractivity contribution in [1.82, 2.24) is 0 Å². The molecule has 0 aliphatic heterocycles. The molecule has 0 amide bonds. The van der Waals surface area contributed by atoms with Crippen molar-refractivity contribution in [3.8, 4) is 0 Å². The van der Waals surface area contributed by atoms with Gasteiger partial charge in [-0.1, -0.05) is 23.2 Å². The van der Waals surface area contributed by atoms with Gasteiger partial charge in [0.05, 0.1) is 0 Å². The zero-order valence-corrected chi connectivity index (χ0v) is 4.62. The predicted octanol–water partition coefficient (Wildman–Crippen LogP) is 1.26. The Kier molecular flexibility index (Phi) is 0.848. The minimum Gasteiger partial charge on any atom is -0.479 e. The Morgan fingerprint density at radius 2 is 2.43 bits per heavy atom. The molecule has 0 bridgehead atoms. The molecule has 0 saturated carbocycles. The second-order valence-corrected chi connectivity index (χ2v) is 2.21. The molecule has 1 N–H and O–H groups in total. The van der Waals surface area contributed by atoms with Gasteiger partial charge in [-0.15, -0.1) is 0 Å². The van der Waals surface area contributed by atoms with Gasteiger partial charge in [-0.25, -0.2) is 4.79 Å². The van der Waals surface area contributed by atoms with E-state index in [2.05, 4.69) is 0 Å². The fourth-order valence-electron chi connectivity index (χ4n) is 0. The molecule has 42 valence electrons. The molecule has 0 fully saturated rings. The van der Waals surface area contributed by atoms with Crippen LogP contribution in [-0.2, 0) is 4.79 Å². The number of halogens is 2. The molecule has 0 aliphatic carbocycles. The fourth-order valence-corrected chi connectivity index (χ4v) is 0. The van der Waals surface area contributed by atoms with Crippen molar-refractivity contribution in [1.29, 1.82) is 0 Å². The lowest BCUT2D eigenvalue weighted by Crippen LogP contribution is -2.19. The molecule has 0 heterocycles. The third-order valence-electron chi connectivity index (χ3n) is 0.269. The van der Waals surface area contributed by atoms with Crippen LogP contribution in [0.4, 0.5) is 0 Å². The SMILES string of the molecule is [2H][13C]([2H])([2H])C(Cl)(Cl)C(=O)O. The van der Waals surface area contributed by atoms with Crippen molar-refractivity contribution >= 4 is 29.2 Å². The van der Waals surface area contributed by atoms with Crippen LogP contribution in [0.3, 0.4) is 0 Å². The fraction of sp³-hybridized carbons (Fsp3) is 0.667. The summed E-state index contributed by atoms with van der Waals surface area (Å²) in [5, 5.41) is 8.15. The second kappa shape index (κ2) is 1.88. The van der Waals surface area contributed by atoms with Crippen LogP contribution in [0.5, 0.6) is 0 Å². The molecule has 0 radical (unpaired) electrons. The lowest BCUT2D eigenvalue weighted by atomic mass is 10.6. The van der Waals surface area contributed by atoms with Gasteiger partial charge < -0.3 is 5.11 Å². The third kappa shape index (κ3) is 2.71. The summed E-state index contributed by atoms with van der Waals surface area (Å²) in [6, 6.07) is 0. The van der Waals surface area contributed by atoms with Crippen molar-refractivity contribution in [3.63, 3.8) is 0 Å². The molecule has 7 heavy (non-hydrogen) atoms. The van der Waals surface area contributed by atoms with Gasteiger partial charge in [-0.05, 0) is 6.85 Å². The molecule has 4 heteroatoms. The quantitative estimate of drug-likeness (QED) is 0.447. The van der Waals surface area contributed by atoms with E-state index in [4.69, 9.17) is 32.4 Å². The summed E-state index contributed by atoms with van der Waals surface area (Å²) in [7, 11) is 0. The van der Waals surface area contributed by atoms with Crippen LogP contribution in [0.1, 0.15) is 11.0 Å². The molecular formula is C3H4Cl2O2. The summed E-state index contributed by atoms with van der Waals surface area (Å²) in [6.45, 7) is -2.90. The molecule has 0 aliphatic rings. The van der Waals surface area contributed by atoms with Gasteiger partial charge in [0.25, 0.3) is 0 Å². The minimum atomic E-state index is -2.90. The average Bonchev–Trinajstić information content (AvgIpc) is 1.62. The van der Waals surface area contributed by atoms with E-state index in [1.165, 1.54) is 0 Å². The number of alkyl halides is 2. The highest BCUT2D eigenvalue weighted by Crippen LogP contribution is 2.18. The number of carbonyl (C=O) groups is 1. The first kappa shape index (κ1) is 3.15. The number of rotatable bonds is 1. The summed E-state index contributed by atoms with van der Waals surface area (Å²) in [4.78, 5) is 10.0. The minimum absolute atomic E-state index is 1.77. The van der Waals surface area contributed by atoms with Gasteiger partial charge >= 0.3 is 5.97 Å². The monoisotopic (exact) mass is 146 g/mol. The van der Waals surface area contributed by atoms with E-state index in [1.807, 2.05) is 0 Å². The molecule has 0 saturated heterocycles. The van der Waals surface area contributed by atoms with Crippen molar-refractivity contribution in [2.24, 2.45) is 0 Å². The molecule has 0 unspecified atom stereocenters. The summed E-state index contributed by atoms with van der Waals surface area (Å²) >= 11 is 9.90. The van der Waals surface area contributed by atoms with E-state index in [-0.39, 0.29) is 0 Å². The molecule has 0 aromatic rings. The van der Waals surface area contributed by atoms with Gasteiger partial charge in [-0.3, -0.25) is 0 Å². The molecule has 0 aromatic carbocycles. The highest BCUT2D eigenvalue weighted by molar-refractivity contribution is 6.56. The number of carboxylic acids is 1. The van der Waals surface area contributed by atoms with Crippen LogP contribution in [-0.4, -0.2) is 15.4 Å². The first-order valence-corrected chi connectivity index (χ1v) is 2.06. The van der Waals surface area contributed by atoms with Gasteiger partial charge in [-0.2, -0.15) is 0 Å². The predicted molar refractivity (Wildman–Crippen MR) is 27.7 cm³/mol. The van der Waals surface area contributed by atoms with Crippen molar-refractivity contribution in [2.75, 3.05) is 0 Å². The van der Waals surface area contributed by atoms with Crippen LogP contribution in [0.25, 0.3) is 0 Å². The summed E-state index contributed by atoms with van der Waals surface area (Å²) in [6.07, 6.45) is 0. The van der Waals surface area contributed by atoms with E-state index in [9.17, 15) is 4.79 Å². The largest absolute Gasteiger partial charge is 0.479 e. The van der Waals surface area contributed by atoms with Gasteiger partial charge in [0.15, 0.2) is 0 Å². The maximum atomic E-state index is 10.0. The summed E-state index contributed by atoms with van der Waals surface area (Å²) < 4.78 is 17.0. The lowest BCUT2D eigenvalue weighted by Gasteiger charge is -2.02. The maximum absolute atomic E-state index is 10.0. The highest BCUT2D eigenvalue weighted by atomic mass is 35.5. The first-order valence-electron chi connectivity index (χ1n) is 2.81.